The van der Waals surface area contributed by atoms with Crippen LogP contribution >= 0.6 is 0 Å². The molecule has 1 aliphatic rings. The molecule has 0 radical (unpaired) electrons. The van der Waals surface area contributed by atoms with E-state index in [4.69, 9.17) is 9.84 Å². The van der Waals surface area contributed by atoms with Gasteiger partial charge in [-0.1, -0.05) is 13.3 Å². The Labute approximate surface area is 118 Å². The first-order valence-electron chi connectivity index (χ1n) is 6.86. The van der Waals surface area contributed by atoms with Crippen LogP contribution in [0.3, 0.4) is 0 Å². The molecule has 2 unspecified atom stereocenters. The van der Waals surface area contributed by atoms with Crippen molar-refractivity contribution >= 4 is 12.0 Å². The number of carboxylic acid groups (broad SMARTS) is 1. The predicted molar refractivity (Wildman–Crippen MR) is 72.5 cm³/mol. The summed E-state index contributed by atoms with van der Waals surface area (Å²) in [5, 5.41) is 20.8. The molecule has 0 aliphatic carbocycles. The first kappa shape index (κ1) is 16.7. The zero-order valence-corrected chi connectivity index (χ0v) is 12.3. The van der Waals surface area contributed by atoms with Gasteiger partial charge in [-0.3, -0.25) is 0 Å². The van der Waals surface area contributed by atoms with Crippen LogP contribution in [0.5, 0.6) is 0 Å². The van der Waals surface area contributed by atoms with E-state index >= 15 is 0 Å². The number of nitrogens with one attached hydrogen (secondary N) is 1. The van der Waals surface area contributed by atoms with E-state index in [0.29, 0.717) is 19.4 Å². The highest BCUT2D eigenvalue weighted by Gasteiger charge is 2.36. The van der Waals surface area contributed by atoms with Crippen LogP contribution in [0, 0.1) is 0 Å². The minimum absolute atomic E-state index is 0.176. The normalized spacial score (nSPS) is 23.2. The van der Waals surface area contributed by atoms with Crippen LogP contribution in [-0.2, 0) is 9.53 Å². The molecule has 1 heterocycles. The van der Waals surface area contributed by atoms with Gasteiger partial charge in [-0.2, -0.15) is 0 Å². The van der Waals surface area contributed by atoms with E-state index in [-0.39, 0.29) is 13.2 Å². The predicted octanol–water partition coefficient (Wildman–Crippen LogP) is 0.421. The second-order valence-electron chi connectivity index (χ2n) is 5.69. The number of aliphatic hydroxyl groups excluding tert-OH is 1. The number of carbonyl (C=O) groups is 2. The number of amides is 2. The molecule has 2 atom stereocenters. The number of aliphatic carboxylic acids is 1. The van der Waals surface area contributed by atoms with Crippen molar-refractivity contribution in [2.75, 3.05) is 19.7 Å². The summed E-state index contributed by atoms with van der Waals surface area (Å²) in [6.07, 6.45) is 0.613. The van der Waals surface area contributed by atoms with Gasteiger partial charge in [0, 0.05) is 0 Å². The highest BCUT2D eigenvalue weighted by atomic mass is 16.5. The molecule has 20 heavy (non-hydrogen) atoms. The number of hydrogen-bond donors (Lipinski definition) is 3. The Morgan fingerprint density at radius 3 is 2.65 bits per heavy atom. The van der Waals surface area contributed by atoms with Gasteiger partial charge in [-0.05, 0) is 20.3 Å². The van der Waals surface area contributed by atoms with Crippen molar-refractivity contribution in [3.63, 3.8) is 0 Å². The molecule has 116 valence electrons. The maximum atomic E-state index is 12.2. The van der Waals surface area contributed by atoms with Gasteiger partial charge in [0.25, 0.3) is 0 Å². The van der Waals surface area contributed by atoms with Crippen molar-refractivity contribution in [3.05, 3.63) is 0 Å². The summed E-state index contributed by atoms with van der Waals surface area (Å²) in [7, 11) is 0. The molecule has 2 amide bonds. The quantitative estimate of drug-likeness (QED) is 0.681. The number of urea groups is 1. The van der Waals surface area contributed by atoms with Gasteiger partial charge in [0.05, 0.1) is 31.4 Å². The Morgan fingerprint density at radius 2 is 2.15 bits per heavy atom. The number of rotatable bonds is 5. The lowest BCUT2D eigenvalue weighted by atomic mass is 10.1. The van der Waals surface area contributed by atoms with E-state index < -0.39 is 29.7 Å². The lowest BCUT2D eigenvalue weighted by molar-refractivity contribution is -0.141. The number of morpholine rings is 1. The van der Waals surface area contributed by atoms with Crippen molar-refractivity contribution in [3.8, 4) is 0 Å². The van der Waals surface area contributed by atoms with Crippen LogP contribution in [0.2, 0.25) is 0 Å². The Bertz CT molecular complexity index is 359. The third kappa shape index (κ3) is 4.64. The number of carbonyl (C=O) groups excluding carboxylic acids is 1. The molecule has 0 spiro atoms. The van der Waals surface area contributed by atoms with Gasteiger partial charge < -0.3 is 25.2 Å². The van der Waals surface area contributed by atoms with Gasteiger partial charge in [-0.15, -0.1) is 0 Å². The molecule has 0 aromatic rings. The van der Waals surface area contributed by atoms with Crippen molar-refractivity contribution in [1.29, 1.82) is 0 Å². The average Bonchev–Trinajstić information content (AvgIpc) is 2.35. The molecular formula is C13H24N2O5. The van der Waals surface area contributed by atoms with Gasteiger partial charge in [0.1, 0.15) is 6.04 Å². The number of ether oxygens (including phenoxy) is 1. The second-order valence-corrected chi connectivity index (χ2v) is 5.69. The number of hydrogen-bond acceptors (Lipinski definition) is 4. The molecule has 0 aromatic carbocycles. The lowest BCUT2D eigenvalue weighted by Crippen LogP contribution is -2.59. The molecule has 3 N–H and O–H groups in total. The number of carboxylic acids is 1. The maximum Gasteiger partial charge on any atom is 0.326 e. The van der Waals surface area contributed by atoms with E-state index in [2.05, 4.69) is 5.32 Å². The summed E-state index contributed by atoms with van der Waals surface area (Å²) in [6.45, 7) is 5.95. The Kier molecular flexibility index (Phi) is 5.76. The zero-order chi connectivity index (χ0) is 15.3. The van der Waals surface area contributed by atoms with Crippen molar-refractivity contribution < 1.29 is 24.5 Å². The van der Waals surface area contributed by atoms with Gasteiger partial charge in [0.2, 0.25) is 0 Å². The lowest BCUT2D eigenvalue weighted by Gasteiger charge is -2.42. The highest BCUT2D eigenvalue weighted by molar-refractivity contribution is 5.82. The third-order valence-electron chi connectivity index (χ3n) is 3.15. The fourth-order valence-corrected chi connectivity index (χ4v) is 2.33. The summed E-state index contributed by atoms with van der Waals surface area (Å²) in [4.78, 5) is 24.7. The molecule has 1 fully saturated rings. The molecule has 1 rings (SSSR count). The molecule has 0 bridgehead atoms. The van der Waals surface area contributed by atoms with E-state index in [0.717, 1.165) is 0 Å². The fraction of sp³-hybridized carbons (Fsp3) is 0.846. The summed E-state index contributed by atoms with van der Waals surface area (Å²) in [5.41, 5.74) is -0.563. The topological polar surface area (TPSA) is 99.1 Å². The standard InChI is InChI=1S/C13H24N2O5/c1-4-5-10(11(17)18)14-12(19)15-6-9(7-16)20-13(2,3)8-15/h9-10,16H,4-8H2,1-3H3,(H,14,19)(H,17,18). The highest BCUT2D eigenvalue weighted by Crippen LogP contribution is 2.21. The van der Waals surface area contributed by atoms with Crippen LogP contribution in [0.15, 0.2) is 0 Å². The summed E-state index contributed by atoms with van der Waals surface area (Å²) >= 11 is 0. The monoisotopic (exact) mass is 288 g/mol. The molecule has 1 aliphatic heterocycles. The fourth-order valence-electron chi connectivity index (χ4n) is 2.33. The number of nitrogens with zero attached hydrogens (tertiary/aromatic N) is 1. The molecule has 1 saturated heterocycles. The molecule has 0 saturated carbocycles. The molecule has 7 heteroatoms. The maximum absolute atomic E-state index is 12.2. The van der Waals surface area contributed by atoms with Crippen LogP contribution in [-0.4, -0.2) is 64.6 Å². The smallest absolute Gasteiger partial charge is 0.326 e. The van der Waals surface area contributed by atoms with Gasteiger partial charge in [-0.25, -0.2) is 9.59 Å². The van der Waals surface area contributed by atoms with Crippen LogP contribution in [0.1, 0.15) is 33.6 Å². The molecule has 0 aromatic heterocycles. The van der Waals surface area contributed by atoms with Crippen molar-refractivity contribution in [2.24, 2.45) is 0 Å². The second kappa shape index (κ2) is 6.90. The van der Waals surface area contributed by atoms with Crippen LogP contribution in [0.4, 0.5) is 4.79 Å². The van der Waals surface area contributed by atoms with Crippen molar-refractivity contribution in [1.82, 2.24) is 10.2 Å². The van der Waals surface area contributed by atoms with E-state index in [9.17, 15) is 14.7 Å². The van der Waals surface area contributed by atoms with E-state index in [1.165, 1.54) is 4.90 Å². The first-order chi connectivity index (χ1) is 9.29. The number of aliphatic hydroxyl groups is 1. The minimum Gasteiger partial charge on any atom is -0.480 e. The van der Waals surface area contributed by atoms with E-state index in [1.807, 2.05) is 20.8 Å². The molecular weight excluding hydrogens is 264 g/mol. The SMILES string of the molecule is CCCC(NC(=O)N1CC(CO)OC(C)(C)C1)C(=O)O. The Morgan fingerprint density at radius 1 is 1.50 bits per heavy atom. The van der Waals surface area contributed by atoms with Crippen molar-refractivity contribution in [2.45, 2.75) is 51.4 Å². The van der Waals surface area contributed by atoms with Crippen LogP contribution in [0.25, 0.3) is 0 Å². The van der Waals surface area contributed by atoms with Gasteiger partial charge in [0.15, 0.2) is 0 Å². The summed E-state index contributed by atoms with van der Waals surface area (Å²) < 4.78 is 5.62. The minimum atomic E-state index is -1.04. The summed E-state index contributed by atoms with van der Waals surface area (Å²) in [6, 6.07) is -1.31. The van der Waals surface area contributed by atoms with Crippen LogP contribution < -0.4 is 5.32 Å². The summed E-state index contributed by atoms with van der Waals surface area (Å²) in [5.74, 6) is -1.04. The van der Waals surface area contributed by atoms with E-state index in [1.54, 1.807) is 0 Å². The Balaban J connectivity index is 2.67. The van der Waals surface area contributed by atoms with Gasteiger partial charge >= 0.3 is 12.0 Å². The first-order valence-corrected chi connectivity index (χ1v) is 6.86. The molecule has 7 nitrogen and oxygen atoms in total. The Hall–Kier alpha value is -1.34. The largest absolute Gasteiger partial charge is 0.480 e. The average molecular weight is 288 g/mol. The third-order valence-corrected chi connectivity index (χ3v) is 3.15. The zero-order valence-electron chi connectivity index (χ0n) is 12.3.